The molecule has 20 heavy (non-hydrogen) atoms. The highest BCUT2D eigenvalue weighted by atomic mass is 16.7. The van der Waals surface area contributed by atoms with Crippen molar-refractivity contribution in [1.29, 1.82) is 0 Å². The van der Waals surface area contributed by atoms with E-state index in [1.54, 1.807) is 0 Å². The van der Waals surface area contributed by atoms with Crippen LogP contribution in [-0.4, -0.2) is 36.7 Å². The van der Waals surface area contributed by atoms with Crippen LogP contribution in [0.4, 0.5) is 0 Å². The molecule has 0 aromatic heterocycles. The van der Waals surface area contributed by atoms with E-state index in [9.17, 15) is 0 Å². The number of rotatable bonds is 6. The molecule has 2 fully saturated rings. The summed E-state index contributed by atoms with van der Waals surface area (Å²) in [4.78, 5) is 8.37. The highest BCUT2D eigenvalue weighted by molar-refractivity contribution is 5.14. The predicted molar refractivity (Wildman–Crippen MR) is 81.5 cm³/mol. The van der Waals surface area contributed by atoms with Crippen LogP contribution in [0.15, 0.2) is 30.3 Å². The maximum Gasteiger partial charge on any atom is 0.0790 e. The summed E-state index contributed by atoms with van der Waals surface area (Å²) in [5.74, 6) is 0. The minimum atomic E-state index is 0.466. The summed E-state index contributed by atoms with van der Waals surface area (Å²) in [7, 11) is 0. The number of hydroxylamine groups is 1. The third kappa shape index (κ3) is 4.05. The zero-order valence-electron chi connectivity index (χ0n) is 12.3. The van der Waals surface area contributed by atoms with E-state index in [0.29, 0.717) is 12.1 Å². The van der Waals surface area contributed by atoms with Gasteiger partial charge in [0.05, 0.1) is 6.10 Å². The number of benzene rings is 1. The lowest BCUT2D eigenvalue weighted by molar-refractivity contribution is -0.0381. The van der Waals surface area contributed by atoms with Crippen LogP contribution >= 0.6 is 0 Å². The highest BCUT2D eigenvalue weighted by Crippen LogP contribution is 2.20. The molecule has 1 aromatic carbocycles. The third-order valence-electron chi connectivity index (χ3n) is 4.54. The first-order chi connectivity index (χ1) is 9.90. The first kappa shape index (κ1) is 14.1. The van der Waals surface area contributed by atoms with Crippen LogP contribution in [0.1, 0.15) is 37.7 Å². The van der Waals surface area contributed by atoms with Gasteiger partial charge in [-0.05, 0) is 37.8 Å². The number of nitrogens with zero attached hydrogens (tertiary/aromatic N) is 1. The zero-order chi connectivity index (χ0) is 13.6. The van der Waals surface area contributed by atoms with Crippen LogP contribution in [0.25, 0.3) is 0 Å². The lowest BCUT2D eigenvalue weighted by atomic mass is 10.1. The molecule has 3 nitrogen and oxygen atoms in total. The largest absolute Gasteiger partial charge is 0.301 e. The van der Waals surface area contributed by atoms with Crippen LogP contribution in [-0.2, 0) is 11.3 Å². The molecule has 0 bridgehead atoms. The van der Waals surface area contributed by atoms with E-state index in [1.165, 1.54) is 44.2 Å². The lowest BCUT2D eigenvalue weighted by Gasteiger charge is -2.18. The quantitative estimate of drug-likeness (QED) is 0.807. The van der Waals surface area contributed by atoms with Crippen LogP contribution in [0.2, 0.25) is 0 Å². The molecule has 3 rings (SSSR count). The topological polar surface area (TPSA) is 24.5 Å². The van der Waals surface area contributed by atoms with Crippen molar-refractivity contribution in [2.45, 2.75) is 50.7 Å². The Kier molecular flexibility index (Phi) is 5.06. The van der Waals surface area contributed by atoms with Crippen LogP contribution in [0, 0.1) is 0 Å². The van der Waals surface area contributed by atoms with Crippen molar-refractivity contribution in [3.8, 4) is 0 Å². The van der Waals surface area contributed by atoms with Gasteiger partial charge in [-0.3, -0.25) is 4.84 Å². The molecule has 1 saturated carbocycles. The average Bonchev–Trinajstić information content (AvgIpc) is 3.16. The monoisotopic (exact) mass is 274 g/mol. The number of hydrogen-bond donors (Lipinski definition) is 1. The Morgan fingerprint density at radius 1 is 1.10 bits per heavy atom. The molecule has 1 unspecified atom stereocenters. The smallest absolute Gasteiger partial charge is 0.0790 e. The van der Waals surface area contributed by atoms with Gasteiger partial charge in [0.1, 0.15) is 0 Å². The molecule has 1 aliphatic heterocycles. The molecule has 0 amide bonds. The van der Waals surface area contributed by atoms with Gasteiger partial charge in [0.15, 0.2) is 0 Å². The molecule has 1 aliphatic carbocycles. The average molecular weight is 274 g/mol. The molecule has 0 spiro atoms. The van der Waals surface area contributed by atoms with Gasteiger partial charge in [0.25, 0.3) is 0 Å². The molecule has 1 heterocycles. The van der Waals surface area contributed by atoms with Crippen molar-refractivity contribution >= 4 is 0 Å². The first-order valence-corrected chi connectivity index (χ1v) is 8.07. The van der Waals surface area contributed by atoms with Gasteiger partial charge < -0.3 is 4.90 Å². The van der Waals surface area contributed by atoms with E-state index in [1.807, 2.05) is 0 Å². The zero-order valence-corrected chi connectivity index (χ0v) is 12.3. The summed E-state index contributed by atoms with van der Waals surface area (Å²) in [5, 5.41) is 0. The second-order valence-electron chi connectivity index (χ2n) is 6.16. The fraction of sp³-hybridized carbons (Fsp3) is 0.647. The van der Waals surface area contributed by atoms with Crippen molar-refractivity contribution in [3.63, 3.8) is 0 Å². The van der Waals surface area contributed by atoms with Gasteiger partial charge in [0, 0.05) is 19.1 Å². The molecule has 110 valence electrons. The minimum Gasteiger partial charge on any atom is -0.301 e. The number of nitrogens with one attached hydrogen (secondary N) is 1. The van der Waals surface area contributed by atoms with Crippen molar-refractivity contribution in [2.24, 2.45) is 0 Å². The SMILES string of the molecule is c1ccc(CCN2CCC(NOC3CCCC3)C2)cc1. The van der Waals surface area contributed by atoms with Crippen molar-refractivity contribution in [1.82, 2.24) is 10.4 Å². The Labute approximate surface area is 122 Å². The van der Waals surface area contributed by atoms with Gasteiger partial charge in [-0.15, -0.1) is 0 Å². The van der Waals surface area contributed by atoms with E-state index in [-0.39, 0.29) is 0 Å². The second-order valence-corrected chi connectivity index (χ2v) is 6.16. The van der Waals surface area contributed by atoms with Gasteiger partial charge in [-0.1, -0.05) is 43.2 Å². The van der Waals surface area contributed by atoms with Gasteiger partial charge >= 0.3 is 0 Å². The first-order valence-electron chi connectivity index (χ1n) is 8.07. The van der Waals surface area contributed by atoms with Crippen LogP contribution in [0.3, 0.4) is 0 Å². The molecular formula is C17H26N2O. The van der Waals surface area contributed by atoms with Gasteiger partial charge in [-0.2, -0.15) is 5.48 Å². The molecule has 1 atom stereocenters. The Balaban J connectivity index is 1.34. The minimum absolute atomic E-state index is 0.466. The Bertz CT molecular complexity index is 389. The maximum absolute atomic E-state index is 5.82. The second kappa shape index (κ2) is 7.21. The Morgan fingerprint density at radius 2 is 1.90 bits per heavy atom. The van der Waals surface area contributed by atoms with Crippen molar-refractivity contribution in [3.05, 3.63) is 35.9 Å². The third-order valence-corrected chi connectivity index (χ3v) is 4.54. The normalized spacial score (nSPS) is 24.5. The van der Waals surface area contributed by atoms with Crippen molar-refractivity contribution < 1.29 is 4.84 Å². The Morgan fingerprint density at radius 3 is 2.70 bits per heavy atom. The number of hydrogen-bond acceptors (Lipinski definition) is 3. The predicted octanol–water partition coefficient (Wildman–Crippen LogP) is 2.77. The van der Waals surface area contributed by atoms with Crippen LogP contribution < -0.4 is 5.48 Å². The molecule has 1 N–H and O–H groups in total. The Hall–Kier alpha value is -0.900. The standard InChI is InChI=1S/C17H26N2O/c1-2-6-15(7-3-1)10-12-19-13-11-16(14-19)18-20-17-8-4-5-9-17/h1-3,6-7,16-18H,4-5,8-14H2. The summed E-state index contributed by atoms with van der Waals surface area (Å²) in [6.45, 7) is 3.48. The summed E-state index contributed by atoms with van der Waals surface area (Å²) in [6.07, 6.45) is 7.96. The fourth-order valence-corrected chi connectivity index (χ4v) is 3.26. The lowest BCUT2D eigenvalue weighted by Crippen LogP contribution is -2.35. The van der Waals surface area contributed by atoms with Gasteiger partial charge in [0.2, 0.25) is 0 Å². The van der Waals surface area contributed by atoms with Gasteiger partial charge in [-0.25, -0.2) is 0 Å². The highest BCUT2D eigenvalue weighted by Gasteiger charge is 2.24. The van der Waals surface area contributed by atoms with Crippen molar-refractivity contribution in [2.75, 3.05) is 19.6 Å². The summed E-state index contributed by atoms with van der Waals surface area (Å²) in [6, 6.07) is 11.3. The van der Waals surface area contributed by atoms with E-state index >= 15 is 0 Å². The van der Waals surface area contributed by atoms with E-state index < -0.39 is 0 Å². The fourth-order valence-electron chi connectivity index (χ4n) is 3.26. The summed E-state index contributed by atoms with van der Waals surface area (Å²) < 4.78 is 0. The van der Waals surface area contributed by atoms with Crippen LogP contribution in [0.5, 0.6) is 0 Å². The van der Waals surface area contributed by atoms with E-state index in [0.717, 1.165) is 19.5 Å². The maximum atomic E-state index is 5.82. The number of likely N-dealkylation sites (tertiary alicyclic amines) is 1. The molecule has 1 saturated heterocycles. The molecule has 2 aliphatic rings. The summed E-state index contributed by atoms with van der Waals surface area (Å²) in [5.41, 5.74) is 4.75. The van der Waals surface area contributed by atoms with E-state index in [4.69, 9.17) is 4.84 Å². The summed E-state index contributed by atoms with van der Waals surface area (Å²) >= 11 is 0. The van der Waals surface area contributed by atoms with E-state index in [2.05, 4.69) is 40.7 Å². The molecule has 0 radical (unpaired) electrons. The molecule has 1 aromatic rings. The molecule has 3 heteroatoms. The molecular weight excluding hydrogens is 248 g/mol.